The first-order valence-electron chi connectivity index (χ1n) is 12.3. The summed E-state index contributed by atoms with van der Waals surface area (Å²) in [5.41, 5.74) is -1.24. The number of pyridine rings is 1. The van der Waals surface area contributed by atoms with Crippen LogP contribution in [0.5, 0.6) is 0 Å². The fraction of sp³-hybridized carbons (Fsp3) is 0.346. The molecule has 0 bridgehead atoms. The van der Waals surface area contributed by atoms with E-state index in [9.17, 15) is 31.5 Å². The van der Waals surface area contributed by atoms with Crippen molar-refractivity contribution >= 4 is 17.6 Å². The molecule has 9 nitrogen and oxygen atoms in total. The third kappa shape index (κ3) is 7.46. The Balaban J connectivity index is 1.53. The van der Waals surface area contributed by atoms with Crippen LogP contribution in [0.25, 0.3) is 11.4 Å². The second-order valence-electron chi connectivity index (χ2n) is 9.20. The van der Waals surface area contributed by atoms with Crippen molar-refractivity contribution < 1.29 is 31.5 Å². The Labute approximate surface area is 226 Å². The zero-order valence-corrected chi connectivity index (χ0v) is 21.4. The van der Waals surface area contributed by atoms with Crippen LogP contribution in [0, 0.1) is 11.6 Å². The maximum Gasteiger partial charge on any atom is 0.417 e. The van der Waals surface area contributed by atoms with Crippen LogP contribution < -0.4 is 10.6 Å². The van der Waals surface area contributed by atoms with Gasteiger partial charge in [-0.3, -0.25) is 14.6 Å². The van der Waals surface area contributed by atoms with Gasteiger partial charge in [0.1, 0.15) is 23.1 Å². The van der Waals surface area contributed by atoms with Gasteiger partial charge >= 0.3 is 6.18 Å². The Bertz CT molecular complexity index is 1380. The Morgan fingerprint density at radius 2 is 1.75 bits per heavy atom. The number of benzene rings is 1. The summed E-state index contributed by atoms with van der Waals surface area (Å²) in [5.74, 6) is -2.60. The molecule has 0 spiro atoms. The number of hydrogen-bond donors (Lipinski definition) is 2. The Kier molecular flexibility index (Phi) is 8.87. The van der Waals surface area contributed by atoms with Gasteiger partial charge in [0.15, 0.2) is 5.82 Å². The number of aromatic nitrogens is 3. The van der Waals surface area contributed by atoms with Crippen LogP contribution in [0.4, 0.5) is 27.8 Å². The molecule has 1 saturated heterocycles. The number of rotatable bonds is 8. The molecule has 4 rings (SSSR count). The largest absolute Gasteiger partial charge is 0.417 e. The first-order chi connectivity index (χ1) is 19.0. The van der Waals surface area contributed by atoms with E-state index in [1.165, 1.54) is 12.1 Å². The molecule has 2 N–H and O–H groups in total. The van der Waals surface area contributed by atoms with Crippen LogP contribution in [0.3, 0.4) is 0 Å². The van der Waals surface area contributed by atoms with Gasteiger partial charge in [-0.15, -0.1) is 0 Å². The molecule has 2 aromatic heterocycles. The summed E-state index contributed by atoms with van der Waals surface area (Å²) in [6.45, 7) is 2.54. The summed E-state index contributed by atoms with van der Waals surface area (Å²) in [6, 6.07) is 5.04. The number of alkyl halides is 3. The lowest BCUT2D eigenvalue weighted by molar-refractivity contribution is -0.137. The minimum Gasteiger partial charge on any atom is -0.366 e. The van der Waals surface area contributed by atoms with Crippen LogP contribution in [0.2, 0.25) is 0 Å². The molecule has 40 heavy (non-hydrogen) atoms. The maximum absolute atomic E-state index is 14.1. The van der Waals surface area contributed by atoms with Gasteiger partial charge in [-0.25, -0.2) is 18.7 Å². The average molecular weight is 564 g/mol. The molecular weight excluding hydrogens is 537 g/mol. The lowest BCUT2D eigenvalue weighted by Gasteiger charge is -2.32. The van der Waals surface area contributed by atoms with Gasteiger partial charge in [-0.05, 0) is 19.2 Å². The standard InChI is InChI=1S/C26H26F5N7O2/c1-37-6-8-38(9-7-37)23(39)4-5-33-25(40)21-12-22(34-14-16-2-3-19(27)11-20(16)28)36-24(35-21)17-10-18(15-32-13-17)26(29,30)31/h2-3,10-13,15H,4-9,14H2,1H3,(H,33,40)(H,34,35,36). The second-order valence-corrected chi connectivity index (χ2v) is 9.20. The second kappa shape index (κ2) is 12.3. The van der Waals surface area contributed by atoms with E-state index in [1.54, 1.807) is 4.90 Å². The number of anilines is 1. The highest BCUT2D eigenvalue weighted by atomic mass is 19.4. The third-order valence-corrected chi connectivity index (χ3v) is 6.24. The minimum absolute atomic E-state index is 0.00444. The van der Waals surface area contributed by atoms with Gasteiger partial charge in [0.05, 0.1) is 5.56 Å². The van der Waals surface area contributed by atoms with Gasteiger partial charge in [0.25, 0.3) is 5.91 Å². The van der Waals surface area contributed by atoms with Crippen molar-refractivity contribution in [1.29, 1.82) is 0 Å². The SMILES string of the molecule is CN1CCN(C(=O)CCNC(=O)c2cc(NCc3ccc(F)cc3F)nc(-c3cncc(C(F)(F)F)c3)n2)CC1. The summed E-state index contributed by atoms with van der Waals surface area (Å²) >= 11 is 0. The van der Waals surface area contributed by atoms with Gasteiger partial charge in [-0.2, -0.15) is 13.2 Å². The van der Waals surface area contributed by atoms with Gasteiger partial charge in [-0.1, -0.05) is 6.07 Å². The summed E-state index contributed by atoms with van der Waals surface area (Å²) in [4.78, 5) is 41.1. The lowest BCUT2D eigenvalue weighted by Crippen LogP contribution is -2.47. The smallest absolute Gasteiger partial charge is 0.366 e. The zero-order valence-electron chi connectivity index (χ0n) is 21.4. The van der Waals surface area contributed by atoms with Crippen molar-refractivity contribution in [2.45, 2.75) is 19.1 Å². The molecule has 1 fully saturated rings. The highest BCUT2D eigenvalue weighted by molar-refractivity contribution is 5.93. The van der Waals surface area contributed by atoms with E-state index >= 15 is 0 Å². The molecule has 1 aliphatic rings. The molecule has 0 radical (unpaired) electrons. The molecule has 3 aromatic rings. The predicted octanol–water partition coefficient (Wildman–Crippen LogP) is 3.34. The van der Waals surface area contributed by atoms with E-state index in [1.807, 2.05) is 7.05 Å². The number of carbonyl (C=O) groups excluding carboxylic acids is 2. The summed E-state index contributed by atoms with van der Waals surface area (Å²) in [6.07, 6.45) is -2.85. The molecule has 2 amide bonds. The van der Waals surface area contributed by atoms with Gasteiger partial charge < -0.3 is 20.4 Å². The van der Waals surface area contributed by atoms with Crippen molar-refractivity contribution in [3.05, 3.63) is 71.2 Å². The van der Waals surface area contributed by atoms with E-state index in [0.29, 0.717) is 25.4 Å². The average Bonchev–Trinajstić information content (AvgIpc) is 2.92. The van der Waals surface area contributed by atoms with Crippen LogP contribution in [-0.2, 0) is 17.5 Å². The molecule has 0 saturated carbocycles. The van der Waals surface area contributed by atoms with Crippen LogP contribution in [-0.4, -0.2) is 76.3 Å². The lowest BCUT2D eigenvalue weighted by atomic mass is 10.2. The number of piperazine rings is 1. The number of halogens is 5. The van der Waals surface area contributed by atoms with Crippen LogP contribution in [0.1, 0.15) is 28.0 Å². The van der Waals surface area contributed by atoms with E-state index in [4.69, 9.17) is 0 Å². The summed E-state index contributed by atoms with van der Waals surface area (Å²) in [7, 11) is 1.97. The summed E-state index contributed by atoms with van der Waals surface area (Å²) in [5, 5.41) is 5.39. The monoisotopic (exact) mass is 563 g/mol. The highest BCUT2D eigenvalue weighted by Crippen LogP contribution is 2.31. The summed E-state index contributed by atoms with van der Waals surface area (Å²) < 4.78 is 67.1. The van der Waals surface area contributed by atoms with Crippen LogP contribution >= 0.6 is 0 Å². The molecular formula is C26H26F5N7O2. The molecule has 1 aromatic carbocycles. The van der Waals surface area contributed by atoms with Crippen molar-refractivity contribution in [3.8, 4) is 11.4 Å². The van der Waals surface area contributed by atoms with Crippen molar-refractivity contribution in [1.82, 2.24) is 30.1 Å². The van der Waals surface area contributed by atoms with E-state index < -0.39 is 29.3 Å². The van der Waals surface area contributed by atoms with Gasteiger partial charge in [0, 0.05) is 81.3 Å². The molecule has 212 valence electrons. The van der Waals surface area contributed by atoms with Crippen molar-refractivity contribution in [2.24, 2.45) is 0 Å². The van der Waals surface area contributed by atoms with E-state index in [2.05, 4.69) is 30.5 Å². The first kappa shape index (κ1) is 28.8. The number of carbonyl (C=O) groups is 2. The van der Waals surface area contributed by atoms with Gasteiger partial charge in [0.2, 0.25) is 5.91 Å². The molecule has 1 aliphatic heterocycles. The maximum atomic E-state index is 14.1. The predicted molar refractivity (Wildman–Crippen MR) is 135 cm³/mol. The molecule has 14 heteroatoms. The van der Waals surface area contributed by atoms with E-state index in [-0.39, 0.29) is 53.9 Å². The molecule has 0 aliphatic carbocycles. The quantitative estimate of drug-likeness (QED) is 0.406. The topological polar surface area (TPSA) is 103 Å². The Morgan fingerprint density at radius 3 is 2.45 bits per heavy atom. The number of nitrogens with zero attached hydrogens (tertiary/aromatic N) is 5. The van der Waals surface area contributed by atoms with Crippen molar-refractivity contribution in [3.63, 3.8) is 0 Å². The molecule has 0 atom stereocenters. The van der Waals surface area contributed by atoms with Crippen molar-refractivity contribution in [2.75, 3.05) is 45.1 Å². The first-order valence-corrected chi connectivity index (χ1v) is 12.3. The zero-order chi connectivity index (χ0) is 28.9. The number of likely N-dealkylation sites (N-methyl/N-ethyl adjacent to an activating group) is 1. The molecule has 3 heterocycles. The minimum atomic E-state index is -4.67. The van der Waals surface area contributed by atoms with E-state index in [0.717, 1.165) is 31.4 Å². The van der Waals surface area contributed by atoms with Crippen LogP contribution in [0.15, 0.2) is 42.7 Å². The third-order valence-electron chi connectivity index (χ3n) is 6.24. The number of nitrogens with one attached hydrogen (secondary N) is 2. The fourth-order valence-corrected chi connectivity index (χ4v) is 3.94. The normalized spacial score (nSPS) is 14.2. The Hall–Kier alpha value is -4.20. The molecule has 0 unspecified atom stereocenters. The Morgan fingerprint density at radius 1 is 1.00 bits per heavy atom. The highest BCUT2D eigenvalue weighted by Gasteiger charge is 2.31. The fourth-order valence-electron chi connectivity index (χ4n) is 3.94. The number of amides is 2. The number of hydrogen-bond acceptors (Lipinski definition) is 7.